The maximum absolute atomic E-state index is 4.75. The molecule has 1 aromatic rings. The van der Waals surface area contributed by atoms with Crippen LogP contribution in [0.15, 0.2) is 6.33 Å². The van der Waals surface area contributed by atoms with Gasteiger partial charge in [0.15, 0.2) is 0 Å². The Labute approximate surface area is 165 Å². The monoisotopic (exact) mass is 371 g/mol. The van der Waals surface area contributed by atoms with Gasteiger partial charge in [-0.15, -0.1) is 0 Å². The van der Waals surface area contributed by atoms with E-state index < -0.39 is 0 Å². The van der Waals surface area contributed by atoms with Crippen molar-refractivity contribution in [1.82, 2.24) is 19.8 Å². The first-order chi connectivity index (χ1) is 13.2. The number of hydrogen-bond acceptors (Lipinski definition) is 5. The van der Waals surface area contributed by atoms with Crippen LogP contribution in [0.1, 0.15) is 57.2 Å². The Hall–Kier alpha value is -1.20. The van der Waals surface area contributed by atoms with Crippen LogP contribution in [0.25, 0.3) is 0 Å². The molecule has 0 aromatic carbocycles. The first-order valence-electron chi connectivity index (χ1n) is 11.3. The third-order valence-electron chi connectivity index (χ3n) is 6.91. The number of hydrogen-bond donors (Lipinski definition) is 0. The molecule has 0 spiro atoms. The summed E-state index contributed by atoms with van der Waals surface area (Å²) in [6.45, 7) is 12.9. The fraction of sp³-hybridized carbons (Fsp3) is 0.818. The van der Waals surface area contributed by atoms with E-state index in [0.29, 0.717) is 0 Å². The Balaban J connectivity index is 1.39. The van der Waals surface area contributed by atoms with Crippen LogP contribution in [0.4, 0.5) is 5.82 Å². The first-order valence-corrected chi connectivity index (χ1v) is 11.3. The molecular formula is C22H37N5. The van der Waals surface area contributed by atoms with Crippen molar-refractivity contribution in [1.29, 1.82) is 0 Å². The predicted octanol–water partition coefficient (Wildman–Crippen LogP) is 2.99. The largest absolute Gasteiger partial charge is 0.354 e. The lowest BCUT2D eigenvalue weighted by molar-refractivity contribution is 0.120. The van der Waals surface area contributed by atoms with Gasteiger partial charge in [-0.1, -0.05) is 26.7 Å². The van der Waals surface area contributed by atoms with E-state index in [1.165, 1.54) is 68.8 Å². The minimum absolute atomic E-state index is 0.793. The molecule has 1 aromatic heterocycles. The summed E-state index contributed by atoms with van der Waals surface area (Å²) in [5.41, 5.74) is 2.73. The van der Waals surface area contributed by atoms with Crippen molar-refractivity contribution in [2.45, 2.75) is 64.8 Å². The topological polar surface area (TPSA) is 35.5 Å². The molecule has 1 atom stereocenters. The predicted molar refractivity (Wildman–Crippen MR) is 111 cm³/mol. The summed E-state index contributed by atoms with van der Waals surface area (Å²) in [4.78, 5) is 17.3. The quantitative estimate of drug-likeness (QED) is 0.768. The van der Waals surface area contributed by atoms with Gasteiger partial charge in [0.2, 0.25) is 0 Å². The molecule has 150 valence electrons. The molecule has 5 nitrogen and oxygen atoms in total. The van der Waals surface area contributed by atoms with E-state index in [-0.39, 0.29) is 0 Å². The van der Waals surface area contributed by atoms with E-state index in [0.717, 1.165) is 51.0 Å². The van der Waals surface area contributed by atoms with E-state index in [1.54, 1.807) is 0 Å². The van der Waals surface area contributed by atoms with Gasteiger partial charge in [-0.2, -0.15) is 0 Å². The molecule has 2 fully saturated rings. The minimum Gasteiger partial charge on any atom is -0.354 e. The zero-order valence-electron chi connectivity index (χ0n) is 17.4. The van der Waals surface area contributed by atoms with Crippen molar-refractivity contribution in [2.75, 3.05) is 50.7 Å². The summed E-state index contributed by atoms with van der Waals surface area (Å²) >= 11 is 0. The number of piperazine rings is 1. The molecular weight excluding hydrogens is 334 g/mol. The lowest BCUT2D eigenvalue weighted by atomic mass is 9.91. The molecule has 5 heteroatoms. The Bertz CT molecular complexity index is 607. The Morgan fingerprint density at radius 1 is 1.04 bits per heavy atom. The summed E-state index contributed by atoms with van der Waals surface area (Å²) in [5, 5.41) is 0. The van der Waals surface area contributed by atoms with Gasteiger partial charge in [0.05, 0.1) is 5.69 Å². The fourth-order valence-corrected chi connectivity index (χ4v) is 5.09. The van der Waals surface area contributed by atoms with Crippen molar-refractivity contribution in [3.63, 3.8) is 0 Å². The van der Waals surface area contributed by atoms with Crippen molar-refractivity contribution in [2.24, 2.45) is 5.92 Å². The molecule has 1 saturated carbocycles. The minimum atomic E-state index is 0.793. The highest BCUT2D eigenvalue weighted by Crippen LogP contribution is 2.28. The van der Waals surface area contributed by atoms with Gasteiger partial charge in [-0.25, -0.2) is 9.97 Å². The van der Waals surface area contributed by atoms with Crippen LogP contribution in [0, 0.1) is 5.92 Å². The van der Waals surface area contributed by atoms with Crippen molar-refractivity contribution >= 4 is 5.82 Å². The zero-order valence-corrected chi connectivity index (χ0v) is 17.4. The van der Waals surface area contributed by atoms with E-state index in [2.05, 4.69) is 33.5 Å². The van der Waals surface area contributed by atoms with Crippen LogP contribution in [0.5, 0.6) is 0 Å². The fourth-order valence-electron chi connectivity index (χ4n) is 5.09. The molecule has 2 aliphatic heterocycles. The third kappa shape index (κ3) is 4.45. The highest BCUT2D eigenvalue weighted by Gasteiger charge is 2.29. The van der Waals surface area contributed by atoms with Crippen LogP contribution in [-0.4, -0.2) is 71.6 Å². The molecule has 3 aliphatic rings. The Morgan fingerprint density at radius 3 is 2.52 bits per heavy atom. The second-order valence-electron chi connectivity index (χ2n) is 8.92. The zero-order chi connectivity index (χ0) is 18.6. The van der Waals surface area contributed by atoms with Crippen molar-refractivity contribution in [3.8, 4) is 0 Å². The third-order valence-corrected chi connectivity index (χ3v) is 6.91. The first kappa shape index (κ1) is 19.1. The normalized spacial score (nSPS) is 23.6. The summed E-state index contributed by atoms with van der Waals surface area (Å²) < 4.78 is 0. The Morgan fingerprint density at radius 2 is 1.81 bits per heavy atom. The molecule has 1 aliphatic carbocycles. The highest BCUT2D eigenvalue weighted by molar-refractivity contribution is 5.49. The SMILES string of the molecule is CCCC(C)CN1CCc2ncnc(N3CCN(C4CCC4)CC3)c2CC1. The Kier molecular flexibility index (Phi) is 6.28. The van der Waals surface area contributed by atoms with Gasteiger partial charge >= 0.3 is 0 Å². The second-order valence-corrected chi connectivity index (χ2v) is 8.92. The van der Waals surface area contributed by atoms with Crippen molar-refractivity contribution in [3.05, 3.63) is 17.6 Å². The summed E-state index contributed by atoms with van der Waals surface area (Å²) in [5.74, 6) is 2.03. The van der Waals surface area contributed by atoms with Crippen LogP contribution in [0.3, 0.4) is 0 Å². The van der Waals surface area contributed by atoms with Gasteiger partial charge in [0, 0.05) is 63.8 Å². The molecule has 0 amide bonds. The standard InChI is InChI=1S/C22H37N5/c1-3-5-18(2)16-25-10-8-20-21(9-11-25)23-17-24-22(20)27-14-12-26(13-15-27)19-6-4-7-19/h17-19H,3-16H2,1-2H3. The van der Waals surface area contributed by atoms with Crippen molar-refractivity contribution < 1.29 is 0 Å². The maximum atomic E-state index is 4.75. The smallest absolute Gasteiger partial charge is 0.135 e. The van der Waals surface area contributed by atoms with Gasteiger partial charge < -0.3 is 9.80 Å². The molecule has 3 heterocycles. The second kappa shape index (κ2) is 8.87. The van der Waals surface area contributed by atoms with Crippen LogP contribution in [0.2, 0.25) is 0 Å². The number of fused-ring (bicyclic) bond motifs is 1. The summed E-state index contributed by atoms with van der Waals surface area (Å²) in [6.07, 6.45) is 10.9. The average molecular weight is 372 g/mol. The summed E-state index contributed by atoms with van der Waals surface area (Å²) in [6, 6.07) is 0.869. The highest BCUT2D eigenvalue weighted by atomic mass is 15.3. The van der Waals surface area contributed by atoms with Gasteiger partial charge in [0.25, 0.3) is 0 Å². The lowest BCUT2D eigenvalue weighted by Crippen LogP contribution is -2.52. The van der Waals surface area contributed by atoms with E-state index in [9.17, 15) is 0 Å². The lowest BCUT2D eigenvalue weighted by Gasteiger charge is -2.43. The number of aromatic nitrogens is 2. The van der Waals surface area contributed by atoms with Gasteiger partial charge in [-0.3, -0.25) is 4.90 Å². The molecule has 27 heavy (non-hydrogen) atoms. The molecule has 4 rings (SSSR count). The molecule has 1 unspecified atom stereocenters. The average Bonchev–Trinajstić information content (AvgIpc) is 2.84. The number of nitrogens with zero attached hydrogens (tertiary/aromatic N) is 5. The summed E-state index contributed by atoms with van der Waals surface area (Å²) in [7, 11) is 0. The van der Waals surface area contributed by atoms with E-state index in [1.807, 2.05) is 6.33 Å². The van der Waals surface area contributed by atoms with Crippen LogP contribution >= 0.6 is 0 Å². The van der Waals surface area contributed by atoms with Gasteiger partial charge in [0.1, 0.15) is 12.1 Å². The van der Waals surface area contributed by atoms with Crippen LogP contribution in [-0.2, 0) is 12.8 Å². The number of rotatable bonds is 6. The molecule has 1 saturated heterocycles. The molecule has 0 N–H and O–H groups in total. The van der Waals surface area contributed by atoms with E-state index in [4.69, 9.17) is 4.98 Å². The molecule has 0 radical (unpaired) electrons. The van der Waals surface area contributed by atoms with Gasteiger partial charge in [-0.05, 0) is 31.6 Å². The number of anilines is 1. The maximum Gasteiger partial charge on any atom is 0.135 e. The van der Waals surface area contributed by atoms with E-state index >= 15 is 0 Å². The van der Waals surface area contributed by atoms with Crippen LogP contribution < -0.4 is 4.90 Å². The molecule has 0 bridgehead atoms.